The van der Waals surface area contributed by atoms with E-state index in [1.165, 1.54) is 51.9 Å². The summed E-state index contributed by atoms with van der Waals surface area (Å²) >= 11 is 0. The van der Waals surface area contributed by atoms with Crippen molar-refractivity contribution in [1.29, 1.82) is 0 Å². The summed E-state index contributed by atoms with van der Waals surface area (Å²) in [6.45, 7) is 11.8. The number of likely N-dealkylation sites (N-methyl/N-ethyl adjacent to an activating group) is 2. The van der Waals surface area contributed by atoms with Crippen LogP contribution in [0.2, 0.25) is 0 Å². The van der Waals surface area contributed by atoms with Crippen LogP contribution in [0.1, 0.15) is 46.5 Å². The number of nitrogens with zero attached hydrogens (tertiary/aromatic N) is 2. The van der Waals surface area contributed by atoms with Crippen LogP contribution >= 0.6 is 0 Å². The van der Waals surface area contributed by atoms with Gasteiger partial charge in [0.25, 0.3) is 0 Å². The van der Waals surface area contributed by atoms with Crippen molar-refractivity contribution in [2.24, 2.45) is 5.92 Å². The molecule has 16 heavy (non-hydrogen) atoms. The lowest BCUT2D eigenvalue weighted by Crippen LogP contribution is -2.40. The van der Waals surface area contributed by atoms with Crippen LogP contribution in [0.3, 0.4) is 0 Å². The van der Waals surface area contributed by atoms with Gasteiger partial charge in [0.05, 0.1) is 0 Å². The molecule has 0 heterocycles. The van der Waals surface area contributed by atoms with Crippen molar-refractivity contribution in [3.05, 3.63) is 0 Å². The molecule has 0 unspecified atom stereocenters. The highest BCUT2D eigenvalue weighted by molar-refractivity contribution is 4.77. The Morgan fingerprint density at radius 2 is 1.75 bits per heavy atom. The van der Waals surface area contributed by atoms with Gasteiger partial charge < -0.3 is 9.80 Å². The highest BCUT2D eigenvalue weighted by Gasteiger charge is 2.22. The summed E-state index contributed by atoms with van der Waals surface area (Å²) in [6, 6.07) is 0.847. The average Bonchev–Trinajstić information content (AvgIpc) is 2.30. The van der Waals surface area contributed by atoms with Crippen LogP contribution in [0.15, 0.2) is 0 Å². The fraction of sp³-hybridized carbons (Fsp3) is 1.00. The molecule has 96 valence electrons. The minimum Gasteiger partial charge on any atom is -0.303 e. The second kappa shape index (κ2) is 7.29. The second-order valence-electron chi connectivity index (χ2n) is 5.43. The quantitative estimate of drug-likeness (QED) is 0.687. The van der Waals surface area contributed by atoms with Crippen molar-refractivity contribution in [2.45, 2.75) is 52.5 Å². The topological polar surface area (TPSA) is 6.48 Å². The van der Waals surface area contributed by atoms with Gasteiger partial charge in [-0.25, -0.2) is 0 Å². The molecule has 0 aliphatic heterocycles. The predicted molar refractivity (Wildman–Crippen MR) is 71.8 cm³/mol. The number of hydrogen-bond donors (Lipinski definition) is 0. The first-order valence-electron chi connectivity index (χ1n) is 7.09. The maximum absolute atomic E-state index is 2.59. The standard InChI is InChI=1S/C14H30N2/c1-5-16(6-2)11-10-15(4)14-9-7-8-13(3)12-14/h13-14H,5-12H2,1-4H3/t13-,14-/m0/s1. The van der Waals surface area contributed by atoms with E-state index in [1.54, 1.807) is 0 Å². The van der Waals surface area contributed by atoms with E-state index < -0.39 is 0 Å². The zero-order valence-electron chi connectivity index (χ0n) is 11.7. The summed E-state index contributed by atoms with van der Waals surface area (Å²) in [6.07, 6.45) is 5.70. The predicted octanol–water partition coefficient (Wildman–Crippen LogP) is 2.84. The minimum atomic E-state index is 0.847. The summed E-state index contributed by atoms with van der Waals surface area (Å²) < 4.78 is 0. The van der Waals surface area contributed by atoms with Gasteiger partial charge in [-0.3, -0.25) is 0 Å². The van der Waals surface area contributed by atoms with Crippen molar-refractivity contribution in [2.75, 3.05) is 33.2 Å². The van der Waals surface area contributed by atoms with Gasteiger partial charge in [0.1, 0.15) is 0 Å². The van der Waals surface area contributed by atoms with Crippen LogP contribution in [-0.4, -0.2) is 49.1 Å². The van der Waals surface area contributed by atoms with E-state index in [0.717, 1.165) is 12.0 Å². The van der Waals surface area contributed by atoms with E-state index in [1.807, 2.05) is 0 Å². The van der Waals surface area contributed by atoms with E-state index in [2.05, 4.69) is 37.6 Å². The van der Waals surface area contributed by atoms with E-state index in [4.69, 9.17) is 0 Å². The Labute approximate surface area is 102 Å². The third-order valence-electron chi connectivity index (χ3n) is 4.20. The first-order valence-corrected chi connectivity index (χ1v) is 7.09. The maximum Gasteiger partial charge on any atom is 0.0109 e. The molecular formula is C14H30N2. The summed E-state index contributed by atoms with van der Waals surface area (Å²) in [5.74, 6) is 0.939. The highest BCUT2D eigenvalue weighted by atomic mass is 15.2. The molecule has 1 aliphatic carbocycles. The van der Waals surface area contributed by atoms with Crippen LogP contribution in [0.4, 0.5) is 0 Å². The Kier molecular flexibility index (Phi) is 6.37. The summed E-state index contributed by atoms with van der Waals surface area (Å²) in [7, 11) is 2.31. The van der Waals surface area contributed by atoms with Gasteiger partial charge >= 0.3 is 0 Å². The first-order chi connectivity index (χ1) is 7.67. The molecule has 0 bridgehead atoms. The molecule has 1 saturated carbocycles. The van der Waals surface area contributed by atoms with Gasteiger partial charge in [-0.2, -0.15) is 0 Å². The molecule has 1 fully saturated rings. The fourth-order valence-corrected chi connectivity index (χ4v) is 2.82. The third-order valence-corrected chi connectivity index (χ3v) is 4.20. The smallest absolute Gasteiger partial charge is 0.0109 e. The lowest BCUT2D eigenvalue weighted by molar-refractivity contribution is 0.145. The molecule has 0 N–H and O–H groups in total. The molecule has 2 nitrogen and oxygen atoms in total. The zero-order chi connectivity index (χ0) is 12.0. The SMILES string of the molecule is CCN(CC)CCN(C)[C@H]1CCC[C@H](C)C1. The highest BCUT2D eigenvalue weighted by Crippen LogP contribution is 2.26. The molecule has 0 saturated heterocycles. The van der Waals surface area contributed by atoms with E-state index in [0.29, 0.717) is 0 Å². The van der Waals surface area contributed by atoms with Crippen molar-refractivity contribution in [1.82, 2.24) is 9.80 Å². The monoisotopic (exact) mass is 226 g/mol. The minimum absolute atomic E-state index is 0.847. The van der Waals surface area contributed by atoms with Crippen LogP contribution in [0, 0.1) is 5.92 Å². The van der Waals surface area contributed by atoms with Crippen LogP contribution in [0.25, 0.3) is 0 Å². The number of hydrogen-bond acceptors (Lipinski definition) is 2. The fourth-order valence-electron chi connectivity index (χ4n) is 2.82. The van der Waals surface area contributed by atoms with E-state index in [9.17, 15) is 0 Å². The third kappa shape index (κ3) is 4.42. The van der Waals surface area contributed by atoms with Gasteiger partial charge in [-0.05, 0) is 38.9 Å². The number of rotatable bonds is 6. The summed E-state index contributed by atoms with van der Waals surface area (Å²) in [4.78, 5) is 5.11. The lowest BCUT2D eigenvalue weighted by atomic mass is 9.86. The molecule has 1 rings (SSSR count). The Balaban J connectivity index is 2.25. The van der Waals surface area contributed by atoms with Crippen LogP contribution < -0.4 is 0 Å². The zero-order valence-corrected chi connectivity index (χ0v) is 11.7. The summed E-state index contributed by atoms with van der Waals surface area (Å²) in [5.41, 5.74) is 0. The molecule has 2 heteroatoms. The van der Waals surface area contributed by atoms with Crippen molar-refractivity contribution < 1.29 is 0 Å². The van der Waals surface area contributed by atoms with Crippen molar-refractivity contribution >= 4 is 0 Å². The molecule has 0 radical (unpaired) electrons. The van der Waals surface area contributed by atoms with Crippen LogP contribution in [-0.2, 0) is 0 Å². The first kappa shape index (κ1) is 14.0. The average molecular weight is 226 g/mol. The van der Waals surface area contributed by atoms with E-state index in [-0.39, 0.29) is 0 Å². The van der Waals surface area contributed by atoms with Gasteiger partial charge in [0, 0.05) is 19.1 Å². The lowest BCUT2D eigenvalue weighted by Gasteiger charge is -2.35. The molecule has 0 aromatic carbocycles. The van der Waals surface area contributed by atoms with Gasteiger partial charge in [-0.1, -0.05) is 33.6 Å². The molecule has 0 aromatic heterocycles. The normalized spacial score (nSPS) is 26.6. The molecule has 0 amide bonds. The Hall–Kier alpha value is -0.0800. The molecule has 2 atom stereocenters. The Bertz CT molecular complexity index is 178. The van der Waals surface area contributed by atoms with Gasteiger partial charge in [0.15, 0.2) is 0 Å². The second-order valence-corrected chi connectivity index (χ2v) is 5.43. The maximum atomic E-state index is 2.59. The van der Waals surface area contributed by atoms with Crippen molar-refractivity contribution in [3.8, 4) is 0 Å². The summed E-state index contributed by atoms with van der Waals surface area (Å²) in [5, 5.41) is 0. The van der Waals surface area contributed by atoms with E-state index >= 15 is 0 Å². The molecular weight excluding hydrogens is 196 g/mol. The van der Waals surface area contributed by atoms with Crippen molar-refractivity contribution in [3.63, 3.8) is 0 Å². The molecule has 0 spiro atoms. The molecule has 0 aromatic rings. The largest absolute Gasteiger partial charge is 0.303 e. The van der Waals surface area contributed by atoms with Gasteiger partial charge in [0.2, 0.25) is 0 Å². The Morgan fingerprint density at radius 3 is 2.31 bits per heavy atom. The Morgan fingerprint density at radius 1 is 1.06 bits per heavy atom. The van der Waals surface area contributed by atoms with Gasteiger partial charge in [-0.15, -0.1) is 0 Å². The van der Waals surface area contributed by atoms with Crippen LogP contribution in [0.5, 0.6) is 0 Å². The molecule has 1 aliphatic rings.